The van der Waals surface area contributed by atoms with Gasteiger partial charge in [-0.1, -0.05) is 0 Å². The molecular weight excluding hydrogens is 140 g/mol. The van der Waals surface area contributed by atoms with E-state index in [1.165, 1.54) is 6.42 Å². The zero-order valence-corrected chi connectivity index (χ0v) is 6.79. The molecule has 0 spiro atoms. The van der Waals surface area contributed by atoms with E-state index in [2.05, 4.69) is 5.32 Å². The van der Waals surface area contributed by atoms with Crippen molar-refractivity contribution in [2.75, 3.05) is 13.1 Å². The van der Waals surface area contributed by atoms with Gasteiger partial charge in [0.2, 0.25) is 5.91 Å². The van der Waals surface area contributed by atoms with Crippen molar-refractivity contribution in [3.8, 4) is 0 Å². The Kier molecular flexibility index (Phi) is 1.60. The first-order valence-electron chi connectivity index (χ1n) is 4.21. The number of hydrogen-bond acceptors (Lipinski definition) is 1. The van der Waals surface area contributed by atoms with Crippen molar-refractivity contribution in [2.45, 2.75) is 25.9 Å². The molecule has 3 heteroatoms. The molecule has 3 rings (SSSR count). The molecule has 0 saturated carbocycles. The van der Waals surface area contributed by atoms with Crippen molar-refractivity contribution in [1.29, 1.82) is 0 Å². The molecule has 0 aromatic rings. The maximum Gasteiger partial charge on any atom is 0.220 e. The fourth-order valence-electron chi connectivity index (χ4n) is 1.98. The van der Waals surface area contributed by atoms with Crippen LogP contribution >= 0.6 is 0 Å². The largest absolute Gasteiger partial charge is 0.326 e. The molecule has 3 heterocycles. The molecule has 2 unspecified atom stereocenters. The third kappa shape index (κ3) is 1.13. The van der Waals surface area contributed by atoms with Gasteiger partial charge in [-0.05, 0) is 18.8 Å². The van der Waals surface area contributed by atoms with Gasteiger partial charge in [-0.25, -0.2) is 5.32 Å². The molecule has 3 fully saturated rings. The van der Waals surface area contributed by atoms with Crippen LogP contribution in [0.25, 0.3) is 0 Å². The van der Waals surface area contributed by atoms with Gasteiger partial charge >= 0.3 is 0 Å². The number of rotatable bonds is 0. The smallest absolute Gasteiger partial charge is 0.220 e. The highest BCUT2D eigenvalue weighted by atomic mass is 16.2. The molecule has 3 aliphatic heterocycles. The predicted octanol–water partition coefficient (Wildman–Crippen LogP) is 0.189. The Labute approximate surface area is 66.8 Å². The van der Waals surface area contributed by atoms with Crippen LogP contribution in [0, 0.1) is 5.92 Å². The van der Waals surface area contributed by atoms with Gasteiger partial charge in [-0.3, -0.25) is 4.79 Å². The van der Waals surface area contributed by atoms with Gasteiger partial charge in [0, 0.05) is 20.0 Å². The summed E-state index contributed by atoms with van der Waals surface area (Å²) in [5, 5.41) is 4.41. The normalized spacial score (nSPS) is 35.9. The molecule has 0 aromatic carbocycles. The Hall–Kier alpha value is -0.570. The molecule has 11 heavy (non-hydrogen) atoms. The van der Waals surface area contributed by atoms with Crippen molar-refractivity contribution in [3.63, 3.8) is 0 Å². The summed E-state index contributed by atoms with van der Waals surface area (Å²) in [6, 6.07) is 0. The van der Waals surface area contributed by atoms with E-state index in [-0.39, 0.29) is 12.1 Å². The van der Waals surface area contributed by atoms with E-state index in [1.54, 1.807) is 6.92 Å². The summed E-state index contributed by atoms with van der Waals surface area (Å²) in [5.74, 6) is 0.840. The van der Waals surface area contributed by atoms with Crippen LogP contribution in [0.1, 0.15) is 19.8 Å². The Morgan fingerprint density at radius 1 is 1.55 bits per heavy atom. The van der Waals surface area contributed by atoms with Crippen LogP contribution < -0.4 is 5.32 Å². The lowest BCUT2D eigenvalue weighted by Crippen LogP contribution is -2.57. The van der Waals surface area contributed by atoms with Crippen molar-refractivity contribution < 1.29 is 4.79 Å². The van der Waals surface area contributed by atoms with E-state index in [9.17, 15) is 4.79 Å². The second kappa shape index (κ2) is 2.48. The minimum absolute atomic E-state index is 0.183. The van der Waals surface area contributed by atoms with Crippen LogP contribution in [-0.2, 0) is 4.79 Å². The molecule has 61 valence electrons. The minimum Gasteiger partial charge on any atom is -0.326 e. The summed E-state index contributed by atoms with van der Waals surface area (Å²) in [7, 11) is 0. The van der Waals surface area contributed by atoms with Gasteiger partial charge in [0.25, 0.3) is 0 Å². The number of carbonyl (C=O) groups is 1. The van der Waals surface area contributed by atoms with Crippen LogP contribution in [0.2, 0.25) is 0 Å². The lowest BCUT2D eigenvalue weighted by molar-refractivity contribution is -0.137. The lowest BCUT2D eigenvalue weighted by Gasteiger charge is -2.44. The third-order valence-electron chi connectivity index (χ3n) is 2.63. The fraction of sp³-hybridized carbons (Fsp3) is 0.875. The number of amides is 1. The standard InChI is InChI=1S/C8H13N2O/c1-6(11)10-5-7-2-3-8(10)9-4-7/h7-8H,2-5H2,1H3. The van der Waals surface area contributed by atoms with Gasteiger partial charge in [0.15, 0.2) is 0 Å². The molecule has 2 bridgehead atoms. The van der Waals surface area contributed by atoms with Crippen molar-refractivity contribution in [2.24, 2.45) is 5.92 Å². The zero-order valence-electron chi connectivity index (χ0n) is 6.79. The summed E-state index contributed by atoms with van der Waals surface area (Å²) in [4.78, 5) is 13.0. The minimum atomic E-state index is 0.183. The monoisotopic (exact) mass is 153 g/mol. The molecular formula is C8H13N2O. The highest BCUT2D eigenvalue weighted by Gasteiger charge is 2.35. The van der Waals surface area contributed by atoms with Gasteiger partial charge in [0.05, 0.1) is 6.17 Å². The van der Waals surface area contributed by atoms with Crippen molar-refractivity contribution >= 4 is 5.91 Å². The van der Waals surface area contributed by atoms with Crippen molar-refractivity contribution in [1.82, 2.24) is 10.2 Å². The summed E-state index contributed by atoms with van der Waals surface area (Å²) in [5.41, 5.74) is 0. The molecule has 1 amide bonds. The summed E-state index contributed by atoms with van der Waals surface area (Å²) in [6.07, 6.45) is 2.57. The van der Waals surface area contributed by atoms with E-state index in [4.69, 9.17) is 0 Å². The van der Waals surface area contributed by atoms with E-state index >= 15 is 0 Å². The van der Waals surface area contributed by atoms with Crippen LogP contribution in [0.3, 0.4) is 0 Å². The Bertz CT molecular complexity index is 173. The Balaban J connectivity index is 2.08. The van der Waals surface area contributed by atoms with Gasteiger partial charge in [-0.2, -0.15) is 0 Å². The van der Waals surface area contributed by atoms with Gasteiger partial charge in [0.1, 0.15) is 0 Å². The number of hydrogen-bond donors (Lipinski definition) is 0. The van der Waals surface area contributed by atoms with E-state index in [1.807, 2.05) is 4.90 Å². The van der Waals surface area contributed by atoms with Crippen LogP contribution in [0.5, 0.6) is 0 Å². The average molecular weight is 153 g/mol. The summed E-state index contributed by atoms with van der Waals surface area (Å²) in [6.45, 7) is 3.56. The number of carbonyl (C=O) groups excluding carboxylic acids is 1. The SMILES string of the molecule is CC(=O)N1CC2CCC1[N]C2. The third-order valence-corrected chi connectivity index (χ3v) is 2.63. The highest BCUT2D eigenvalue weighted by Crippen LogP contribution is 2.26. The maximum atomic E-state index is 11.1. The molecule has 1 radical (unpaired) electrons. The van der Waals surface area contributed by atoms with E-state index < -0.39 is 0 Å². The molecule has 0 aliphatic carbocycles. The van der Waals surface area contributed by atoms with E-state index in [0.717, 1.165) is 19.5 Å². The molecule has 3 saturated heterocycles. The summed E-state index contributed by atoms with van der Waals surface area (Å²) >= 11 is 0. The molecule has 3 aliphatic rings. The lowest BCUT2D eigenvalue weighted by atomic mass is 9.91. The molecule has 0 aromatic heterocycles. The second-order valence-electron chi connectivity index (χ2n) is 3.46. The Morgan fingerprint density at radius 2 is 2.36 bits per heavy atom. The second-order valence-corrected chi connectivity index (χ2v) is 3.46. The first-order valence-corrected chi connectivity index (χ1v) is 4.21. The Morgan fingerprint density at radius 3 is 2.64 bits per heavy atom. The number of fused-ring (bicyclic) bond motifs is 3. The molecule has 3 nitrogen and oxygen atoms in total. The van der Waals surface area contributed by atoms with Crippen molar-refractivity contribution in [3.05, 3.63) is 0 Å². The predicted molar refractivity (Wildman–Crippen MR) is 40.9 cm³/mol. The maximum absolute atomic E-state index is 11.1. The quantitative estimate of drug-likeness (QED) is 0.489. The first kappa shape index (κ1) is 7.10. The van der Waals surface area contributed by atoms with E-state index in [0.29, 0.717) is 5.92 Å². The first-order chi connectivity index (χ1) is 5.27. The van der Waals surface area contributed by atoms with Gasteiger partial charge < -0.3 is 4.90 Å². The number of nitrogens with zero attached hydrogens (tertiary/aromatic N) is 2. The fourth-order valence-corrected chi connectivity index (χ4v) is 1.98. The van der Waals surface area contributed by atoms with Crippen LogP contribution in [0.15, 0.2) is 0 Å². The highest BCUT2D eigenvalue weighted by molar-refractivity contribution is 5.73. The summed E-state index contributed by atoms with van der Waals surface area (Å²) < 4.78 is 0. The van der Waals surface area contributed by atoms with Gasteiger partial charge in [-0.15, -0.1) is 0 Å². The van der Waals surface area contributed by atoms with Crippen LogP contribution in [-0.4, -0.2) is 30.1 Å². The number of piperidine rings is 2. The zero-order chi connectivity index (χ0) is 7.84. The molecule has 2 atom stereocenters. The van der Waals surface area contributed by atoms with Crippen LogP contribution in [0.4, 0.5) is 0 Å². The average Bonchev–Trinajstić information content (AvgIpc) is 2.06. The topological polar surface area (TPSA) is 34.4 Å². The molecule has 0 N–H and O–H groups in total.